The van der Waals surface area contributed by atoms with E-state index in [9.17, 15) is 4.79 Å². The summed E-state index contributed by atoms with van der Waals surface area (Å²) in [5.41, 5.74) is 3.16. The second-order valence-electron chi connectivity index (χ2n) is 8.38. The van der Waals surface area contributed by atoms with E-state index in [4.69, 9.17) is 23.9 Å². The van der Waals surface area contributed by atoms with Crippen molar-refractivity contribution in [3.05, 3.63) is 100 Å². The van der Waals surface area contributed by atoms with Crippen LogP contribution in [-0.2, 0) is 12.3 Å². The lowest BCUT2D eigenvalue weighted by Gasteiger charge is -2.15. The molecule has 0 atom stereocenters. The predicted octanol–water partition coefficient (Wildman–Crippen LogP) is 6.11. The van der Waals surface area contributed by atoms with Crippen molar-refractivity contribution in [1.82, 2.24) is 14.5 Å². The van der Waals surface area contributed by atoms with E-state index in [0.29, 0.717) is 40.9 Å². The summed E-state index contributed by atoms with van der Waals surface area (Å²) in [6.07, 6.45) is 0. The molecular formula is C29H27N3O4S. The third-order valence-corrected chi connectivity index (χ3v) is 6.98. The molecule has 2 heterocycles. The highest BCUT2D eigenvalue weighted by molar-refractivity contribution is 7.98. The summed E-state index contributed by atoms with van der Waals surface area (Å²) in [5.74, 6) is 3.32. The topological polar surface area (TPSA) is 79.4 Å². The van der Waals surface area contributed by atoms with Gasteiger partial charge in [0, 0.05) is 16.9 Å². The summed E-state index contributed by atoms with van der Waals surface area (Å²) in [6, 6.07) is 22.8. The summed E-state index contributed by atoms with van der Waals surface area (Å²) in [5, 5.41) is 1.19. The molecule has 0 N–H and O–H groups in total. The van der Waals surface area contributed by atoms with E-state index in [-0.39, 0.29) is 5.56 Å². The number of hydrogen-bond acceptors (Lipinski definition) is 7. The number of fused-ring (bicyclic) bond motifs is 1. The number of nitrogens with zero attached hydrogens (tertiary/aromatic N) is 3. The van der Waals surface area contributed by atoms with Gasteiger partial charge in [0.1, 0.15) is 17.3 Å². The number of ether oxygens (including phenoxy) is 2. The van der Waals surface area contributed by atoms with Crippen molar-refractivity contribution < 1.29 is 13.9 Å². The Kier molecular flexibility index (Phi) is 7.28. The van der Waals surface area contributed by atoms with Crippen molar-refractivity contribution in [1.29, 1.82) is 0 Å². The first-order chi connectivity index (χ1) is 18.1. The number of oxazole rings is 1. The summed E-state index contributed by atoms with van der Waals surface area (Å²) in [6.45, 7) is 4.81. The minimum absolute atomic E-state index is 0.0917. The second-order valence-corrected chi connectivity index (χ2v) is 9.33. The summed E-state index contributed by atoms with van der Waals surface area (Å²) in [7, 11) is 1.63. The Bertz CT molecular complexity index is 1590. The normalized spacial score (nSPS) is 11.1. The monoisotopic (exact) mass is 513 g/mol. The molecule has 3 aromatic carbocycles. The van der Waals surface area contributed by atoms with E-state index in [1.165, 1.54) is 11.8 Å². The number of hydrogen-bond donors (Lipinski definition) is 0. The first kappa shape index (κ1) is 24.6. The molecule has 0 aliphatic heterocycles. The molecule has 8 heteroatoms. The van der Waals surface area contributed by atoms with Gasteiger partial charge in [-0.1, -0.05) is 42.1 Å². The molecule has 0 unspecified atom stereocenters. The van der Waals surface area contributed by atoms with Crippen molar-refractivity contribution in [2.24, 2.45) is 0 Å². The number of thioether (sulfide) groups is 1. The van der Waals surface area contributed by atoms with Gasteiger partial charge in [-0.15, -0.1) is 0 Å². The third-order valence-electron chi connectivity index (χ3n) is 5.99. The number of aryl methyl sites for hydroxylation is 1. The fraction of sp³-hybridized carbons (Fsp3) is 0.207. The fourth-order valence-electron chi connectivity index (χ4n) is 4.08. The molecule has 0 radical (unpaired) electrons. The molecule has 5 rings (SSSR count). The Morgan fingerprint density at radius 1 is 0.973 bits per heavy atom. The van der Waals surface area contributed by atoms with Gasteiger partial charge in [0.2, 0.25) is 5.89 Å². The molecule has 0 saturated heterocycles. The smallest absolute Gasteiger partial charge is 0.262 e. The standard InChI is InChI=1S/C29H27N3O4S/c1-4-35-22-15-13-20(14-16-22)27-30-25(19(2)36-27)18-37-29-31-24-11-7-6-10-23(24)28(33)32(29)17-21-9-5-8-12-26(21)34-3/h5-16H,4,17-18H2,1-3H3. The van der Waals surface area contributed by atoms with E-state index in [0.717, 1.165) is 34.1 Å². The Hall–Kier alpha value is -4.04. The molecule has 0 bridgehead atoms. The Labute approximate surface area is 219 Å². The van der Waals surface area contributed by atoms with Gasteiger partial charge in [0.15, 0.2) is 5.16 Å². The number of rotatable bonds is 9. The Morgan fingerprint density at radius 3 is 2.51 bits per heavy atom. The van der Waals surface area contributed by atoms with Crippen molar-refractivity contribution >= 4 is 22.7 Å². The lowest BCUT2D eigenvalue weighted by Crippen LogP contribution is -2.24. The first-order valence-corrected chi connectivity index (χ1v) is 13.0. The van der Waals surface area contributed by atoms with Crippen LogP contribution in [0.5, 0.6) is 11.5 Å². The molecule has 7 nitrogen and oxygen atoms in total. The molecule has 0 fully saturated rings. The van der Waals surface area contributed by atoms with Crippen LogP contribution < -0.4 is 15.0 Å². The average molecular weight is 514 g/mol. The van der Waals surface area contributed by atoms with Gasteiger partial charge in [0.25, 0.3) is 5.56 Å². The van der Waals surface area contributed by atoms with E-state index < -0.39 is 0 Å². The first-order valence-electron chi connectivity index (χ1n) is 12.0. The Morgan fingerprint density at radius 2 is 1.73 bits per heavy atom. The van der Waals surface area contributed by atoms with Crippen molar-refractivity contribution in [3.8, 4) is 23.0 Å². The number of methoxy groups -OCH3 is 1. The second kappa shape index (κ2) is 10.9. The molecule has 37 heavy (non-hydrogen) atoms. The zero-order chi connectivity index (χ0) is 25.8. The highest BCUT2D eigenvalue weighted by Gasteiger charge is 2.17. The maximum atomic E-state index is 13.5. The van der Waals surface area contributed by atoms with Crippen LogP contribution in [0.3, 0.4) is 0 Å². The largest absolute Gasteiger partial charge is 0.496 e. The van der Waals surface area contributed by atoms with Crippen LogP contribution in [0, 0.1) is 6.92 Å². The van der Waals surface area contributed by atoms with Gasteiger partial charge in [-0.2, -0.15) is 0 Å². The number of para-hydroxylation sites is 2. The van der Waals surface area contributed by atoms with Gasteiger partial charge >= 0.3 is 0 Å². The maximum Gasteiger partial charge on any atom is 0.262 e. The molecule has 188 valence electrons. The Balaban J connectivity index is 1.46. The molecule has 0 aliphatic rings. The predicted molar refractivity (Wildman–Crippen MR) is 146 cm³/mol. The van der Waals surface area contributed by atoms with Crippen LogP contribution in [0.25, 0.3) is 22.4 Å². The minimum Gasteiger partial charge on any atom is -0.496 e. The molecule has 0 aliphatic carbocycles. The highest BCUT2D eigenvalue weighted by atomic mass is 32.2. The van der Waals surface area contributed by atoms with Crippen LogP contribution in [0.2, 0.25) is 0 Å². The zero-order valence-electron chi connectivity index (χ0n) is 20.9. The van der Waals surface area contributed by atoms with Crippen LogP contribution in [0.15, 0.2) is 87.2 Å². The fourth-order valence-corrected chi connectivity index (χ4v) is 5.08. The molecule has 5 aromatic rings. The summed E-state index contributed by atoms with van der Waals surface area (Å²) >= 11 is 1.46. The number of aromatic nitrogens is 3. The third kappa shape index (κ3) is 5.24. The van der Waals surface area contributed by atoms with Crippen LogP contribution in [0.1, 0.15) is 23.9 Å². The number of benzene rings is 3. The van der Waals surface area contributed by atoms with E-state index in [1.54, 1.807) is 11.7 Å². The van der Waals surface area contributed by atoms with Crippen LogP contribution in [0.4, 0.5) is 0 Å². The average Bonchev–Trinajstić information content (AvgIpc) is 3.30. The molecule has 2 aromatic heterocycles. The van der Waals surface area contributed by atoms with E-state index in [1.807, 2.05) is 86.6 Å². The van der Waals surface area contributed by atoms with Crippen molar-refractivity contribution in [2.75, 3.05) is 13.7 Å². The lowest BCUT2D eigenvalue weighted by atomic mass is 10.2. The van der Waals surface area contributed by atoms with Gasteiger partial charge in [-0.05, 0) is 56.3 Å². The molecule has 0 saturated carbocycles. The van der Waals surface area contributed by atoms with Crippen LogP contribution in [-0.4, -0.2) is 28.3 Å². The van der Waals surface area contributed by atoms with Gasteiger partial charge in [-0.25, -0.2) is 9.97 Å². The minimum atomic E-state index is -0.0917. The lowest BCUT2D eigenvalue weighted by molar-refractivity contribution is 0.340. The van der Waals surface area contributed by atoms with Gasteiger partial charge in [-0.3, -0.25) is 9.36 Å². The van der Waals surface area contributed by atoms with Gasteiger partial charge < -0.3 is 13.9 Å². The highest BCUT2D eigenvalue weighted by Crippen LogP contribution is 2.29. The van der Waals surface area contributed by atoms with Crippen LogP contribution >= 0.6 is 11.8 Å². The summed E-state index contributed by atoms with van der Waals surface area (Å²) in [4.78, 5) is 23.1. The quantitative estimate of drug-likeness (QED) is 0.174. The zero-order valence-corrected chi connectivity index (χ0v) is 21.7. The van der Waals surface area contributed by atoms with Crippen molar-refractivity contribution in [3.63, 3.8) is 0 Å². The van der Waals surface area contributed by atoms with E-state index in [2.05, 4.69) is 0 Å². The maximum absolute atomic E-state index is 13.5. The van der Waals surface area contributed by atoms with E-state index >= 15 is 0 Å². The molecule has 0 spiro atoms. The van der Waals surface area contributed by atoms with Gasteiger partial charge in [0.05, 0.1) is 36.9 Å². The van der Waals surface area contributed by atoms with Crippen molar-refractivity contribution in [2.45, 2.75) is 31.3 Å². The molecule has 0 amide bonds. The molecular weight excluding hydrogens is 486 g/mol. The SMILES string of the molecule is CCOc1ccc(-c2nc(CSc3nc4ccccc4c(=O)n3Cc3ccccc3OC)c(C)o2)cc1. The summed E-state index contributed by atoms with van der Waals surface area (Å²) < 4.78 is 18.7.